The lowest BCUT2D eigenvalue weighted by atomic mass is 10.4. The van der Waals surface area contributed by atoms with Crippen LogP contribution in [0.25, 0.3) is 0 Å². The van der Waals surface area contributed by atoms with Crippen molar-refractivity contribution in [1.82, 2.24) is 0 Å². The fourth-order valence-corrected chi connectivity index (χ4v) is 0.762. The molecule has 1 aliphatic rings. The molecule has 56 valence electrons. The second kappa shape index (κ2) is 3.42. The predicted molar refractivity (Wildman–Crippen MR) is 39.5 cm³/mol. The standard InChI is InChI=1S/C8H12O2/c1-7(9)6-10-8-4-2-3-5-8/h2-4,7,9H,5-6H2,1H3. The molecule has 0 heterocycles. The smallest absolute Gasteiger partial charge is 0.113 e. The van der Waals surface area contributed by atoms with E-state index in [-0.39, 0.29) is 6.10 Å². The van der Waals surface area contributed by atoms with Crippen LogP contribution in [0.4, 0.5) is 0 Å². The summed E-state index contributed by atoms with van der Waals surface area (Å²) in [6, 6.07) is 0. The van der Waals surface area contributed by atoms with Crippen molar-refractivity contribution < 1.29 is 9.84 Å². The van der Waals surface area contributed by atoms with Gasteiger partial charge < -0.3 is 9.84 Å². The van der Waals surface area contributed by atoms with E-state index in [1.807, 2.05) is 18.2 Å². The van der Waals surface area contributed by atoms with Crippen molar-refractivity contribution in [3.05, 3.63) is 24.0 Å². The van der Waals surface area contributed by atoms with E-state index in [0.29, 0.717) is 6.61 Å². The molecule has 0 spiro atoms. The van der Waals surface area contributed by atoms with Crippen LogP contribution in [0.5, 0.6) is 0 Å². The highest BCUT2D eigenvalue weighted by Crippen LogP contribution is 2.11. The number of ether oxygens (including phenoxy) is 1. The minimum atomic E-state index is -0.374. The Morgan fingerprint density at radius 2 is 2.60 bits per heavy atom. The number of aliphatic hydroxyl groups excluding tert-OH is 1. The molecule has 0 saturated carbocycles. The minimum Gasteiger partial charge on any atom is -0.495 e. The number of hydrogen-bond donors (Lipinski definition) is 1. The van der Waals surface area contributed by atoms with E-state index >= 15 is 0 Å². The zero-order valence-electron chi connectivity index (χ0n) is 6.08. The third kappa shape index (κ3) is 2.23. The first kappa shape index (κ1) is 7.35. The highest BCUT2D eigenvalue weighted by atomic mass is 16.5. The molecule has 1 N–H and O–H groups in total. The Morgan fingerprint density at radius 3 is 3.10 bits per heavy atom. The molecule has 1 rings (SSSR count). The fraction of sp³-hybridized carbons (Fsp3) is 0.500. The third-order valence-corrected chi connectivity index (χ3v) is 1.25. The second-order valence-corrected chi connectivity index (χ2v) is 2.43. The molecule has 0 aromatic rings. The molecule has 0 fully saturated rings. The van der Waals surface area contributed by atoms with Crippen LogP contribution in [0.1, 0.15) is 13.3 Å². The van der Waals surface area contributed by atoms with Gasteiger partial charge in [-0.1, -0.05) is 12.2 Å². The van der Waals surface area contributed by atoms with Crippen LogP contribution in [-0.2, 0) is 4.74 Å². The maximum atomic E-state index is 8.84. The fourth-order valence-electron chi connectivity index (χ4n) is 0.762. The lowest BCUT2D eigenvalue weighted by molar-refractivity contribution is 0.0826. The molecule has 2 heteroatoms. The average Bonchev–Trinajstić information content (AvgIpc) is 2.34. The Balaban J connectivity index is 2.15. The molecular weight excluding hydrogens is 128 g/mol. The summed E-state index contributed by atoms with van der Waals surface area (Å²) < 4.78 is 5.21. The lowest BCUT2D eigenvalue weighted by Gasteiger charge is -2.07. The van der Waals surface area contributed by atoms with Crippen LogP contribution in [0.3, 0.4) is 0 Å². The van der Waals surface area contributed by atoms with Gasteiger partial charge in [-0.05, 0) is 13.0 Å². The molecule has 10 heavy (non-hydrogen) atoms. The van der Waals surface area contributed by atoms with Gasteiger partial charge in [-0.3, -0.25) is 0 Å². The summed E-state index contributed by atoms with van der Waals surface area (Å²) in [7, 11) is 0. The summed E-state index contributed by atoms with van der Waals surface area (Å²) >= 11 is 0. The highest BCUT2D eigenvalue weighted by molar-refractivity contribution is 5.18. The average molecular weight is 140 g/mol. The third-order valence-electron chi connectivity index (χ3n) is 1.25. The molecule has 0 radical (unpaired) electrons. The van der Waals surface area contributed by atoms with Gasteiger partial charge in [0.15, 0.2) is 0 Å². The number of rotatable bonds is 3. The summed E-state index contributed by atoms with van der Waals surface area (Å²) in [6.07, 6.45) is 6.39. The van der Waals surface area contributed by atoms with Gasteiger partial charge in [0.25, 0.3) is 0 Å². The quantitative estimate of drug-likeness (QED) is 0.638. The lowest BCUT2D eigenvalue weighted by Crippen LogP contribution is -2.09. The normalized spacial score (nSPS) is 18.8. The van der Waals surface area contributed by atoms with Crippen LogP contribution in [-0.4, -0.2) is 17.8 Å². The van der Waals surface area contributed by atoms with E-state index in [4.69, 9.17) is 9.84 Å². The van der Waals surface area contributed by atoms with Crippen molar-refractivity contribution in [3.8, 4) is 0 Å². The minimum absolute atomic E-state index is 0.374. The molecule has 0 aliphatic heterocycles. The van der Waals surface area contributed by atoms with Crippen LogP contribution in [0.15, 0.2) is 24.0 Å². The van der Waals surface area contributed by atoms with E-state index in [1.54, 1.807) is 6.92 Å². The van der Waals surface area contributed by atoms with Gasteiger partial charge in [-0.25, -0.2) is 0 Å². The van der Waals surface area contributed by atoms with Crippen molar-refractivity contribution in [2.75, 3.05) is 6.61 Å². The van der Waals surface area contributed by atoms with Crippen LogP contribution in [0.2, 0.25) is 0 Å². The van der Waals surface area contributed by atoms with Crippen molar-refractivity contribution in [3.63, 3.8) is 0 Å². The predicted octanol–water partition coefficient (Wildman–Crippen LogP) is 1.23. The van der Waals surface area contributed by atoms with Crippen LogP contribution >= 0.6 is 0 Å². The molecule has 0 amide bonds. The Morgan fingerprint density at radius 1 is 1.80 bits per heavy atom. The number of aliphatic hydroxyl groups is 1. The molecule has 1 aliphatic carbocycles. The van der Waals surface area contributed by atoms with Crippen LogP contribution in [0, 0.1) is 0 Å². The zero-order chi connectivity index (χ0) is 7.40. The summed E-state index contributed by atoms with van der Waals surface area (Å²) in [6.45, 7) is 2.11. The van der Waals surface area contributed by atoms with Gasteiger partial charge >= 0.3 is 0 Å². The maximum absolute atomic E-state index is 8.84. The van der Waals surface area contributed by atoms with Gasteiger partial charge in [-0.2, -0.15) is 0 Å². The first-order chi connectivity index (χ1) is 4.79. The highest BCUT2D eigenvalue weighted by Gasteiger charge is 2.01. The van der Waals surface area contributed by atoms with E-state index < -0.39 is 0 Å². The van der Waals surface area contributed by atoms with E-state index in [2.05, 4.69) is 0 Å². The molecule has 0 aromatic heterocycles. The van der Waals surface area contributed by atoms with Gasteiger partial charge in [0.05, 0.1) is 11.9 Å². The SMILES string of the molecule is CC(O)COC1=CC=CC1. The maximum Gasteiger partial charge on any atom is 0.113 e. The topological polar surface area (TPSA) is 29.5 Å². The van der Waals surface area contributed by atoms with Gasteiger partial charge in [0, 0.05) is 6.42 Å². The number of hydrogen-bond acceptors (Lipinski definition) is 2. The zero-order valence-corrected chi connectivity index (χ0v) is 6.08. The summed E-state index contributed by atoms with van der Waals surface area (Å²) in [5, 5.41) is 8.84. The van der Waals surface area contributed by atoms with E-state index in [1.165, 1.54) is 0 Å². The van der Waals surface area contributed by atoms with E-state index in [9.17, 15) is 0 Å². The number of allylic oxidation sites excluding steroid dienone is 3. The van der Waals surface area contributed by atoms with Crippen LogP contribution < -0.4 is 0 Å². The summed E-state index contributed by atoms with van der Waals surface area (Å²) in [5.74, 6) is 0.945. The Kier molecular flexibility index (Phi) is 2.51. The molecule has 0 saturated heterocycles. The Hall–Kier alpha value is -0.760. The Labute approximate surface area is 60.8 Å². The summed E-state index contributed by atoms with van der Waals surface area (Å²) in [5.41, 5.74) is 0. The van der Waals surface area contributed by atoms with Crippen molar-refractivity contribution in [1.29, 1.82) is 0 Å². The molecule has 0 aromatic carbocycles. The van der Waals surface area contributed by atoms with Crippen molar-refractivity contribution in [2.45, 2.75) is 19.4 Å². The van der Waals surface area contributed by atoms with Crippen molar-refractivity contribution in [2.24, 2.45) is 0 Å². The molecule has 2 nitrogen and oxygen atoms in total. The molecular formula is C8H12O2. The van der Waals surface area contributed by atoms with Gasteiger partial charge in [0.1, 0.15) is 6.61 Å². The monoisotopic (exact) mass is 140 g/mol. The Bertz CT molecular complexity index is 157. The molecule has 1 unspecified atom stereocenters. The molecule has 0 bridgehead atoms. The molecule has 1 atom stereocenters. The van der Waals surface area contributed by atoms with Crippen molar-refractivity contribution >= 4 is 0 Å². The first-order valence-corrected chi connectivity index (χ1v) is 3.45. The summed E-state index contributed by atoms with van der Waals surface area (Å²) in [4.78, 5) is 0. The van der Waals surface area contributed by atoms with Gasteiger partial charge in [-0.15, -0.1) is 0 Å². The van der Waals surface area contributed by atoms with E-state index in [0.717, 1.165) is 12.2 Å². The second-order valence-electron chi connectivity index (χ2n) is 2.43. The largest absolute Gasteiger partial charge is 0.495 e. The van der Waals surface area contributed by atoms with Gasteiger partial charge in [0.2, 0.25) is 0 Å². The first-order valence-electron chi connectivity index (χ1n) is 3.45.